The molecule has 0 aliphatic rings. The van der Waals surface area contributed by atoms with Crippen molar-refractivity contribution in [3.63, 3.8) is 0 Å². The SMILES string of the molecule is CCCCCCC(=O)OC(CC)c1cc(-c2ccc(C)s2)sc1C.CCCCCCC(=O)OC(CC)c1cc(Br)sc1Br.[CH3][Sn]([CH3])([CH3])[c]1cc[c]([Sn]([CH3])([CH3])[CH3])s1. The summed E-state index contributed by atoms with van der Waals surface area (Å²) in [7, 11) is 0. The first-order valence-electron chi connectivity index (χ1n) is 20.5. The Morgan fingerprint density at radius 3 is 1.48 bits per heavy atom. The minimum absolute atomic E-state index is 0.0583. The molecule has 0 saturated heterocycles. The van der Waals surface area contributed by atoms with Crippen LogP contribution in [0.15, 0.2) is 44.0 Å². The molecule has 12 heteroatoms. The number of thiophene rings is 4. The molecule has 0 bridgehead atoms. The first kappa shape index (κ1) is 52.4. The average molecular weight is 1190 g/mol. The van der Waals surface area contributed by atoms with Crippen molar-refractivity contribution in [3.8, 4) is 9.75 Å². The first-order valence-corrected chi connectivity index (χ1v) is 45.3. The molecule has 0 amide bonds. The van der Waals surface area contributed by atoms with Crippen LogP contribution in [-0.2, 0) is 19.1 Å². The van der Waals surface area contributed by atoms with Gasteiger partial charge in [0.1, 0.15) is 12.2 Å². The maximum atomic E-state index is 12.1. The molecule has 4 aromatic heterocycles. The van der Waals surface area contributed by atoms with Gasteiger partial charge in [-0.1, -0.05) is 66.2 Å². The molecule has 0 aliphatic heterocycles. The number of carbonyl (C=O) groups excluding carboxylic acids is 2. The molecule has 4 nitrogen and oxygen atoms in total. The molecule has 4 aromatic rings. The molecule has 0 N–H and O–H groups in total. The van der Waals surface area contributed by atoms with Gasteiger partial charge in [-0.15, -0.1) is 34.0 Å². The third kappa shape index (κ3) is 18.9. The molecule has 4 rings (SSSR count). The number of ether oxygens (including phenoxy) is 2. The van der Waals surface area contributed by atoms with Crippen LogP contribution in [-0.4, -0.2) is 48.7 Å². The molecule has 0 spiro atoms. The van der Waals surface area contributed by atoms with Crippen molar-refractivity contribution >= 4 is 132 Å². The number of halogens is 2. The van der Waals surface area contributed by atoms with E-state index in [0.717, 1.165) is 51.7 Å². The number of carbonyl (C=O) groups is 2. The van der Waals surface area contributed by atoms with E-state index in [9.17, 15) is 9.59 Å². The van der Waals surface area contributed by atoms with Crippen LogP contribution in [0.5, 0.6) is 0 Å². The molecule has 2 unspecified atom stereocenters. The summed E-state index contributed by atoms with van der Waals surface area (Å²) >= 11 is 10.8. The zero-order chi connectivity index (χ0) is 42.1. The van der Waals surface area contributed by atoms with E-state index in [4.69, 9.17) is 9.47 Å². The standard InChI is InChI=1S/C20H28O2S2.C14H20Br2O2S.C4H2S.6CH3.2Sn/c1-5-7-8-9-10-20(21)22-17(6-2)16-13-19(24-15(16)4)18-12-11-14(3)23-18;1-3-5-6-7-8-13(17)18-11(4-2)10-9-12(15)19-14(10)16;1-2-4-5-3-1;;;;;;;;/h11-13,17H,5-10H2,1-4H3;9,11H,3-8H2,1-2H3;1-2H;6*1H3;;. The van der Waals surface area contributed by atoms with Crippen molar-refractivity contribution in [1.29, 1.82) is 0 Å². The fraction of sp³-hybridized carbons (Fsp3) is 0.591. The van der Waals surface area contributed by atoms with Crippen LogP contribution in [0.2, 0.25) is 29.6 Å². The Labute approximate surface area is 381 Å². The predicted octanol–water partition coefficient (Wildman–Crippen LogP) is 16.1. The van der Waals surface area contributed by atoms with Gasteiger partial charge in [-0.05, 0) is 95.7 Å². The maximum absolute atomic E-state index is 12.1. The Bertz CT molecular complexity index is 1720. The number of hydrogen-bond acceptors (Lipinski definition) is 8. The Balaban J connectivity index is 0.000000303. The van der Waals surface area contributed by atoms with Gasteiger partial charge in [0.05, 0.1) is 7.57 Å². The average Bonchev–Trinajstić information content (AvgIpc) is 3.94. The summed E-state index contributed by atoms with van der Waals surface area (Å²) in [4.78, 5) is 44.1. The Morgan fingerprint density at radius 1 is 0.607 bits per heavy atom. The van der Waals surface area contributed by atoms with E-state index >= 15 is 0 Å². The summed E-state index contributed by atoms with van der Waals surface area (Å²) in [6.07, 6.45) is 11.3. The number of aryl methyl sites for hydroxylation is 2. The minimum atomic E-state index is -1.74. The molecule has 0 aromatic carbocycles. The second-order valence-corrected chi connectivity index (χ2v) is 54.6. The molecular weight excluding hydrogens is 1120 g/mol. The monoisotopic (exact) mass is 1190 g/mol. The summed E-state index contributed by atoms with van der Waals surface area (Å²) in [6, 6.07) is 13.4. The van der Waals surface area contributed by atoms with Gasteiger partial charge >= 0.3 is 108 Å². The topological polar surface area (TPSA) is 52.6 Å². The molecular formula is C44H68Br2O4S4Sn2. The van der Waals surface area contributed by atoms with Crippen molar-refractivity contribution in [1.82, 2.24) is 0 Å². The second-order valence-electron chi connectivity index (χ2n) is 16.4. The number of unbranched alkanes of at least 4 members (excludes halogenated alkanes) is 6. The Hall–Kier alpha value is 0.297. The summed E-state index contributed by atoms with van der Waals surface area (Å²) < 4.78 is 16.9. The fourth-order valence-electron chi connectivity index (χ4n) is 5.78. The molecule has 314 valence electrons. The van der Waals surface area contributed by atoms with Crippen LogP contribution in [0, 0.1) is 13.8 Å². The van der Waals surface area contributed by atoms with Gasteiger partial charge in [-0.3, -0.25) is 9.59 Å². The molecule has 0 aliphatic carbocycles. The molecule has 56 heavy (non-hydrogen) atoms. The van der Waals surface area contributed by atoms with Crippen molar-refractivity contribution in [2.45, 2.75) is 160 Å². The molecule has 0 saturated carbocycles. The molecule has 0 fully saturated rings. The summed E-state index contributed by atoms with van der Waals surface area (Å²) in [6.45, 7) is 12.7. The van der Waals surface area contributed by atoms with E-state index in [-0.39, 0.29) is 24.1 Å². The van der Waals surface area contributed by atoms with Crippen LogP contribution < -0.4 is 5.79 Å². The normalized spacial score (nSPS) is 12.6. The van der Waals surface area contributed by atoms with E-state index in [0.29, 0.717) is 12.8 Å². The fourth-order valence-corrected chi connectivity index (χ4v) is 24.8. The summed E-state index contributed by atoms with van der Waals surface area (Å²) in [5.74, 6) is -0.144. The zero-order valence-electron chi connectivity index (χ0n) is 36.1. The second kappa shape index (κ2) is 26.6. The van der Waals surface area contributed by atoms with Crippen molar-refractivity contribution in [2.24, 2.45) is 0 Å². The quantitative estimate of drug-likeness (QED) is 0.0533. The van der Waals surface area contributed by atoms with Gasteiger partial charge in [0.2, 0.25) is 0 Å². The third-order valence-corrected chi connectivity index (χ3v) is 33.9. The van der Waals surface area contributed by atoms with Crippen molar-refractivity contribution in [3.05, 3.63) is 64.9 Å². The van der Waals surface area contributed by atoms with E-state index in [2.05, 4.69) is 138 Å². The van der Waals surface area contributed by atoms with E-state index in [1.165, 1.54) is 50.8 Å². The Kier molecular flexibility index (Phi) is 24.9. The third-order valence-electron chi connectivity index (χ3n) is 9.16. The van der Waals surface area contributed by atoms with Crippen LogP contribution in [0.4, 0.5) is 0 Å². The van der Waals surface area contributed by atoms with Crippen LogP contribution in [0.3, 0.4) is 0 Å². The molecule has 0 radical (unpaired) electrons. The van der Waals surface area contributed by atoms with Crippen LogP contribution in [0.25, 0.3) is 9.75 Å². The predicted molar refractivity (Wildman–Crippen MR) is 263 cm³/mol. The van der Waals surface area contributed by atoms with Crippen LogP contribution in [0.1, 0.15) is 138 Å². The van der Waals surface area contributed by atoms with Gasteiger partial charge < -0.3 is 9.47 Å². The van der Waals surface area contributed by atoms with E-state index in [1.54, 1.807) is 28.5 Å². The van der Waals surface area contributed by atoms with E-state index in [1.807, 2.05) is 24.3 Å². The van der Waals surface area contributed by atoms with Crippen LogP contribution >= 0.6 is 77.2 Å². The summed E-state index contributed by atoms with van der Waals surface area (Å²) in [5.41, 5.74) is 2.23. The van der Waals surface area contributed by atoms with Crippen molar-refractivity contribution in [2.75, 3.05) is 0 Å². The molecule has 4 heterocycles. The Morgan fingerprint density at radius 2 is 1.11 bits per heavy atom. The van der Waals surface area contributed by atoms with Gasteiger partial charge in [0, 0.05) is 43.5 Å². The van der Waals surface area contributed by atoms with Gasteiger partial charge in [0.25, 0.3) is 0 Å². The first-order chi connectivity index (χ1) is 26.3. The van der Waals surface area contributed by atoms with Gasteiger partial charge in [-0.25, -0.2) is 0 Å². The number of esters is 2. The van der Waals surface area contributed by atoms with E-state index < -0.39 is 36.8 Å². The van der Waals surface area contributed by atoms with Gasteiger partial charge in [0.15, 0.2) is 0 Å². The van der Waals surface area contributed by atoms with Gasteiger partial charge in [-0.2, -0.15) is 0 Å². The summed E-state index contributed by atoms with van der Waals surface area (Å²) in [5, 5.41) is 0. The zero-order valence-corrected chi connectivity index (χ0v) is 48.3. The van der Waals surface area contributed by atoms with Crippen molar-refractivity contribution < 1.29 is 19.1 Å². The number of hydrogen-bond donors (Lipinski definition) is 0. The molecule has 2 atom stereocenters. The number of rotatable bonds is 19.